The molecule has 0 aliphatic rings. The van der Waals surface area contributed by atoms with Crippen molar-refractivity contribution in [3.8, 4) is 0 Å². The number of rotatable bonds is 11. The van der Waals surface area contributed by atoms with E-state index < -0.39 is 29.4 Å². The van der Waals surface area contributed by atoms with Crippen LogP contribution in [0, 0.1) is 11.6 Å². The van der Waals surface area contributed by atoms with Crippen molar-refractivity contribution >= 4 is 34.6 Å². The van der Waals surface area contributed by atoms with Crippen LogP contribution < -0.4 is 16.2 Å². The lowest BCUT2D eigenvalue weighted by Gasteiger charge is -2.17. The Kier molecular flexibility index (Phi) is 10.2. The van der Waals surface area contributed by atoms with E-state index in [0.29, 0.717) is 16.9 Å². The molecule has 0 bridgehead atoms. The van der Waals surface area contributed by atoms with Gasteiger partial charge in [-0.15, -0.1) is 0 Å². The molecule has 2 aromatic carbocycles. The molecule has 0 radical (unpaired) electrons. The highest BCUT2D eigenvalue weighted by Gasteiger charge is 2.22. The van der Waals surface area contributed by atoms with Crippen molar-refractivity contribution in [1.82, 2.24) is 29.3 Å². The van der Waals surface area contributed by atoms with Crippen LogP contribution in [0.25, 0.3) is 11.0 Å². The van der Waals surface area contributed by atoms with E-state index in [0.717, 1.165) is 12.7 Å². The maximum Gasteiger partial charge on any atom is 0.407 e. The molecule has 0 aliphatic heterocycles. The minimum atomic E-state index is -1.09. The molecular formula is C30H31F2N7O5. The van der Waals surface area contributed by atoms with Crippen LogP contribution in [0.1, 0.15) is 24.2 Å². The number of carbonyl (C=O) groups excluding carboxylic acids is 3. The number of amides is 3. The number of hydrogen-bond acceptors (Lipinski definition) is 7. The van der Waals surface area contributed by atoms with Gasteiger partial charge in [0, 0.05) is 26.7 Å². The van der Waals surface area contributed by atoms with E-state index in [9.17, 15) is 28.0 Å². The Balaban J connectivity index is 1.57. The number of ether oxygens (including phenoxy) is 1. The average Bonchev–Trinajstić information content (AvgIpc) is 3.32. The molecule has 44 heavy (non-hydrogen) atoms. The first kappa shape index (κ1) is 31.5. The number of allylic oxidation sites excluding steroid dienone is 1. The van der Waals surface area contributed by atoms with Gasteiger partial charge in [-0.05, 0) is 48.7 Å². The summed E-state index contributed by atoms with van der Waals surface area (Å²) in [6.07, 6.45) is 4.90. The van der Waals surface area contributed by atoms with Gasteiger partial charge in [-0.3, -0.25) is 19.0 Å². The number of fused-ring (bicyclic) bond motifs is 1. The van der Waals surface area contributed by atoms with Gasteiger partial charge in [-0.1, -0.05) is 18.2 Å². The number of nitrogens with one attached hydrogen (secondary N) is 2. The second-order valence-electron chi connectivity index (χ2n) is 10.0. The zero-order valence-corrected chi connectivity index (χ0v) is 24.3. The van der Waals surface area contributed by atoms with Gasteiger partial charge in [0.25, 0.3) is 5.56 Å². The first-order valence-corrected chi connectivity index (χ1v) is 13.5. The van der Waals surface area contributed by atoms with Gasteiger partial charge >= 0.3 is 6.09 Å². The molecule has 1 unspecified atom stereocenters. The topological polar surface area (TPSA) is 140 Å². The summed E-state index contributed by atoms with van der Waals surface area (Å²) in [6.45, 7) is 0.188. The van der Waals surface area contributed by atoms with E-state index in [4.69, 9.17) is 0 Å². The minimum absolute atomic E-state index is 0.0818. The van der Waals surface area contributed by atoms with E-state index >= 15 is 0 Å². The SMILES string of the molecule is COC(=O)NC(CCC=CC(=O)N(C)C)C(=O)Nc1cncn(Cc2nc3cc(F)ccc3n2Cc2ccc(F)cc2)c1=O. The molecular weight excluding hydrogens is 576 g/mol. The van der Waals surface area contributed by atoms with Crippen LogP contribution in [-0.2, 0) is 27.4 Å². The Morgan fingerprint density at radius 3 is 2.50 bits per heavy atom. The van der Waals surface area contributed by atoms with Gasteiger partial charge in [-0.2, -0.15) is 0 Å². The summed E-state index contributed by atoms with van der Waals surface area (Å²) >= 11 is 0. The summed E-state index contributed by atoms with van der Waals surface area (Å²) < 4.78 is 35.1. The van der Waals surface area contributed by atoms with Gasteiger partial charge in [0.2, 0.25) is 11.8 Å². The molecule has 4 rings (SSSR count). The molecule has 1 atom stereocenters. The summed E-state index contributed by atoms with van der Waals surface area (Å²) in [7, 11) is 4.35. The van der Waals surface area contributed by atoms with Crippen molar-refractivity contribution in [2.45, 2.75) is 32.0 Å². The predicted octanol–water partition coefficient (Wildman–Crippen LogP) is 3.06. The number of hydrogen-bond donors (Lipinski definition) is 2. The molecule has 0 saturated heterocycles. The number of anilines is 1. The van der Waals surface area contributed by atoms with E-state index in [2.05, 4.69) is 25.3 Å². The summed E-state index contributed by atoms with van der Waals surface area (Å²) in [5.74, 6) is -1.40. The molecule has 0 spiro atoms. The Hall–Kier alpha value is -5.40. The van der Waals surface area contributed by atoms with Crippen molar-refractivity contribution in [3.05, 3.63) is 101 Å². The highest BCUT2D eigenvalue weighted by Crippen LogP contribution is 2.20. The Bertz CT molecular complexity index is 1750. The molecule has 0 fully saturated rings. The standard InChI is InChI=1S/C30H31F2N7O5/c1-37(2)27(40)7-5-4-6-22(36-30(43)44-3)28(41)35-24-15-33-18-38(29(24)42)17-26-34-23-14-21(32)12-13-25(23)39(26)16-19-8-10-20(31)11-9-19/h5,7-15,18,22H,4,6,16-17H2,1-3H3,(H,35,41)(H,36,43). The summed E-state index contributed by atoms with van der Waals surface area (Å²) in [5.41, 5.74) is 0.973. The average molecular weight is 608 g/mol. The quantitative estimate of drug-likeness (QED) is 0.250. The summed E-state index contributed by atoms with van der Waals surface area (Å²) in [5, 5.41) is 4.94. The molecule has 230 valence electrons. The van der Waals surface area contributed by atoms with Crippen molar-refractivity contribution in [3.63, 3.8) is 0 Å². The zero-order valence-electron chi connectivity index (χ0n) is 24.3. The Morgan fingerprint density at radius 1 is 1.07 bits per heavy atom. The molecule has 0 saturated carbocycles. The van der Waals surface area contributed by atoms with Crippen molar-refractivity contribution in [1.29, 1.82) is 0 Å². The van der Waals surface area contributed by atoms with Gasteiger partial charge < -0.3 is 24.8 Å². The smallest absolute Gasteiger partial charge is 0.407 e. The van der Waals surface area contributed by atoms with Crippen LogP contribution >= 0.6 is 0 Å². The van der Waals surface area contributed by atoms with E-state index in [1.165, 1.54) is 52.3 Å². The number of benzene rings is 2. The Morgan fingerprint density at radius 2 is 1.80 bits per heavy atom. The van der Waals surface area contributed by atoms with Gasteiger partial charge in [-0.25, -0.2) is 23.5 Å². The fourth-order valence-electron chi connectivity index (χ4n) is 4.31. The van der Waals surface area contributed by atoms with Gasteiger partial charge in [0.05, 0.1) is 37.2 Å². The molecule has 3 amide bonds. The molecule has 2 N–H and O–H groups in total. The normalized spacial score (nSPS) is 11.8. The number of aromatic nitrogens is 4. The van der Waals surface area contributed by atoms with Crippen molar-refractivity contribution in [2.24, 2.45) is 0 Å². The number of nitrogens with zero attached hydrogens (tertiary/aromatic N) is 5. The molecule has 4 aromatic rings. The lowest BCUT2D eigenvalue weighted by Crippen LogP contribution is -2.44. The number of halogens is 2. The number of likely N-dealkylation sites (N-methyl/N-ethyl adjacent to an activating group) is 1. The number of imidazole rings is 1. The van der Waals surface area contributed by atoms with E-state index in [-0.39, 0.29) is 43.3 Å². The first-order chi connectivity index (χ1) is 21.0. The van der Waals surface area contributed by atoms with Crippen molar-refractivity contribution < 1.29 is 27.9 Å². The van der Waals surface area contributed by atoms with E-state index in [1.54, 1.807) is 42.9 Å². The fraction of sp³-hybridized carbons (Fsp3) is 0.267. The number of methoxy groups -OCH3 is 1. The third-order valence-electron chi connectivity index (χ3n) is 6.63. The van der Waals surface area contributed by atoms with Crippen LogP contribution in [-0.4, -0.2) is 69.2 Å². The monoisotopic (exact) mass is 607 g/mol. The third kappa shape index (κ3) is 7.91. The molecule has 12 nitrogen and oxygen atoms in total. The number of carbonyl (C=O) groups is 3. The molecule has 2 heterocycles. The second-order valence-corrected chi connectivity index (χ2v) is 10.0. The van der Waals surface area contributed by atoms with Crippen LogP contribution in [0.2, 0.25) is 0 Å². The maximum absolute atomic E-state index is 14.0. The Labute approximate surface area is 251 Å². The first-order valence-electron chi connectivity index (χ1n) is 13.5. The van der Waals surface area contributed by atoms with Crippen LogP contribution in [0.5, 0.6) is 0 Å². The van der Waals surface area contributed by atoms with Gasteiger partial charge in [0.15, 0.2) is 0 Å². The highest BCUT2D eigenvalue weighted by atomic mass is 19.1. The molecule has 0 aliphatic carbocycles. The third-order valence-corrected chi connectivity index (χ3v) is 6.63. The second kappa shape index (κ2) is 14.2. The van der Waals surface area contributed by atoms with Gasteiger partial charge in [0.1, 0.15) is 29.2 Å². The lowest BCUT2D eigenvalue weighted by molar-refractivity contribution is -0.123. The predicted molar refractivity (Wildman–Crippen MR) is 158 cm³/mol. The van der Waals surface area contributed by atoms with E-state index in [1.807, 2.05) is 0 Å². The van der Waals surface area contributed by atoms with Crippen LogP contribution in [0.3, 0.4) is 0 Å². The fourth-order valence-corrected chi connectivity index (χ4v) is 4.31. The van der Waals surface area contributed by atoms with Crippen LogP contribution in [0.4, 0.5) is 19.3 Å². The highest BCUT2D eigenvalue weighted by molar-refractivity contribution is 5.96. The van der Waals surface area contributed by atoms with Crippen LogP contribution in [0.15, 0.2) is 71.9 Å². The molecule has 14 heteroatoms. The maximum atomic E-state index is 14.0. The summed E-state index contributed by atoms with van der Waals surface area (Å²) in [4.78, 5) is 60.2. The lowest BCUT2D eigenvalue weighted by atomic mass is 10.1. The summed E-state index contributed by atoms with van der Waals surface area (Å²) in [6, 6.07) is 8.95. The molecule has 2 aromatic heterocycles. The number of alkyl carbamates (subject to hydrolysis) is 1. The minimum Gasteiger partial charge on any atom is -0.453 e. The van der Waals surface area contributed by atoms with Crippen molar-refractivity contribution in [2.75, 3.05) is 26.5 Å². The zero-order chi connectivity index (χ0) is 31.8. The largest absolute Gasteiger partial charge is 0.453 e.